The number of hydrogen-bond acceptors (Lipinski definition) is 7. The molecule has 32 heavy (non-hydrogen) atoms. The summed E-state index contributed by atoms with van der Waals surface area (Å²) in [6.07, 6.45) is 0. The van der Waals surface area contributed by atoms with Crippen LogP contribution in [-0.4, -0.2) is 50.8 Å². The first kappa shape index (κ1) is 23.0. The van der Waals surface area contributed by atoms with Crippen molar-refractivity contribution in [3.05, 3.63) is 42.0 Å². The molecule has 170 valence electrons. The Bertz CT molecular complexity index is 1110. The Labute approximate surface area is 187 Å². The van der Waals surface area contributed by atoms with Gasteiger partial charge in [-0.05, 0) is 50.2 Å². The number of rotatable bonds is 9. The Balaban J connectivity index is 2.18. The summed E-state index contributed by atoms with van der Waals surface area (Å²) in [5, 5.41) is 4.75. The van der Waals surface area contributed by atoms with Crippen molar-refractivity contribution in [2.45, 2.75) is 20.4 Å². The van der Waals surface area contributed by atoms with Crippen molar-refractivity contribution < 1.29 is 28.5 Å². The van der Waals surface area contributed by atoms with Gasteiger partial charge < -0.3 is 23.7 Å². The van der Waals surface area contributed by atoms with E-state index in [2.05, 4.69) is 0 Å². The molecule has 0 saturated carbocycles. The van der Waals surface area contributed by atoms with Gasteiger partial charge in [-0.2, -0.15) is 5.10 Å². The molecule has 0 aliphatic heterocycles. The van der Waals surface area contributed by atoms with E-state index in [-0.39, 0.29) is 12.5 Å². The Morgan fingerprint density at radius 1 is 0.844 bits per heavy atom. The monoisotopic (exact) mass is 440 g/mol. The maximum atomic E-state index is 12.3. The molecule has 0 atom stereocenters. The molecule has 8 nitrogen and oxygen atoms in total. The van der Waals surface area contributed by atoms with Crippen LogP contribution in [0.2, 0.25) is 0 Å². The maximum absolute atomic E-state index is 12.3. The van der Waals surface area contributed by atoms with Crippen molar-refractivity contribution in [1.82, 2.24) is 9.78 Å². The summed E-state index contributed by atoms with van der Waals surface area (Å²) in [5.41, 5.74) is 4.07. The molecule has 3 rings (SSSR count). The summed E-state index contributed by atoms with van der Waals surface area (Å²) in [6, 6.07) is 11.2. The highest BCUT2D eigenvalue weighted by Gasteiger charge is 2.21. The molecule has 8 heteroatoms. The van der Waals surface area contributed by atoms with Gasteiger partial charge in [0.1, 0.15) is 6.54 Å². The number of carbonyl (C=O) groups is 1. The number of carbonyl (C=O) groups excluding carboxylic acids is 1. The van der Waals surface area contributed by atoms with Gasteiger partial charge in [-0.1, -0.05) is 0 Å². The van der Waals surface area contributed by atoms with Gasteiger partial charge in [-0.25, -0.2) is 0 Å². The van der Waals surface area contributed by atoms with Crippen LogP contribution in [0.5, 0.6) is 23.0 Å². The SMILES string of the molecule is CCOC(=O)Cn1nc(-c2ccc(OC)c(OC)c2)c(C)c1-c1ccc(OC)c(OC)c1. The summed E-state index contributed by atoms with van der Waals surface area (Å²) in [6.45, 7) is 4.02. The summed E-state index contributed by atoms with van der Waals surface area (Å²) in [4.78, 5) is 12.3. The highest BCUT2D eigenvalue weighted by atomic mass is 16.5. The summed E-state index contributed by atoms with van der Waals surface area (Å²) < 4.78 is 28.4. The number of esters is 1. The summed E-state index contributed by atoms with van der Waals surface area (Å²) in [7, 11) is 6.34. The highest BCUT2D eigenvalue weighted by molar-refractivity contribution is 5.78. The lowest BCUT2D eigenvalue weighted by Gasteiger charge is -2.12. The van der Waals surface area contributed by atoms with E-state index in [0.29, 0.717) is 29.6 Å². The van der Waals surface area contributed by atoms with Crippen LogP contribution in [0.15, 0.2) is 36.4 Å². The Kier molecular flexibility index (Phi) is 7.25. The molecule has 0 saturated heterocycles. The van der Waals surface area contributed by atoms with E-state index in [1.807, 2.05) is 43.3 Å². The van der Waals surface area contributed by atoms with E-state index in [4.69, 9.17) is 28.8 Å². The van der Waals surface area contributed by atoms with E-state index in [0.717, 1.165) is 28.1 Å². The van der Waals surface area contributed by atoms with Crippen LogP contribution in [0.25, 0.3) is 22.5 Å². The molecule has 0 amide bonds. The van der Waals surface area contributed by atoms with Crippen LogP contribution >= 0.6 is 0 Å². The first-order valence-electron chi connectivity index (χ1n) is 10.1. The summed E-state index contributed by atoms with van der Waals surface area (Å²) >= 11 is 0. The average molecular weight is 440 g/mol. The van der Waals surface area contributed by atoms with E-state index in [1.165, 1.54) is 0 Å². The van der Waals surface area contributed by atoms with Crippen molar-refractivity contribution >= 4 is 5.97 Å². The van der Waals surface area contributed by atoms with Crippen molar-refractivity contribution in [2.75, 3.05) is 35.0 Å². The van der Waals surface area contributed by atoms with Crippen LogP contribution < -0.4 is 18.9 Å². The van der Waals surface area contributed by atoms with Gasteiger partial charge in [0, 0.05) is 16.7 Å². The number of ether oxygens (including phenoxy) is 5. The molecule has 2 aromatic carbocycles. The van der Waals surface area contributed by atoms with E-state index >= 15 is 0 Å². The molecule has 0 spiro atoms. The van der Waals surface area contributed by atoms with Gasteiger partial charge >= 0.3 is 5.97 Å². The molecule has 0 radical (unpaired) electrons. The summed E-state index contributed by atoms with van der Waals surface area (Å²) in [5.74, 6) is 2.05. The maximum Gasteiger partial charge on any atom is 0.327 e. The lowest BCUT2D eigenvalue weighted by atomic mass is 10.0. The number of aromatic nitrogens is 2. The molecule has 0 bridgehead atoms. The first-order chi connectivity index (χ1) is 15.5. The van der Waals surface area contributed by atoms with E-state index in [9.17, 15) is 4.79 Å². The molecule has 0 N–H and O–H groups in total. The third-order valence-electron chi connectivity index (χ3n) is 5.09. The quantitative estimate of drug-likeness (QED) is 0.463. The minimum atomic E-state index is -0.365. The Morgan fingerprint density at radius 3 is 1.91 bits per heavy atom. The second-order valence-corrected chi connectivity index (χ2v) is 6.92. The molecule has 1 heterocycles. The van der Waals surface area contributed by atoms with Crippen molar-refractivity contribution in [1.29, 1.82) is 0 Å². The second-order valence-electron chi connectivity index (χ2n) is 6.92. The molecule has 0 aliphatic rings. The third-order valence-corrected chi connectivity index (χ3v) is 5.09. The molecule has 1 aromatic heterocycles. The van der Waals surface area contributed by atoms with Gasteiger partial charge in [0.15, 0.2) is 23.0 Å². The number of hydrogen-bond donors (Lipinski definition) is 0. The minimum absolute atomic E-state index is 0.0222. The van der Waals surface area contributed by atoms with Crippen LogP contribution in [0.1, 0.15) is 12.5 Å². The van der Waals surface area contributed by atoms with Gasteiger partial charge in [0.25, 0.3) is 0 Å². The number of nitrogens with zero attached hydrogens (tertiary/aromatic N) is 2. The van der Waals surface area contributed by atoms with Gasteiger partial charge in [0.05, 0.1) is 46.4 Å². The van der Waals surface area contributed by atoms with Gasteiger partial charge in [-0.15, -0.1) is 0 Å². The molecule has 0 aliphatic carbocycles. The molecule has 3 aromatic rings. The zero-order valence-corrected chi connectivity index (χ0v) is 19.2. The van der Waals surface area contributed by atoms with Crippen LogP contribution in [0, 0.1) is 6.92 Å². The van der Waals surface area contributed by atoms with Crippen LogP contribution in [0.4, 0.5) is 0 Å². The van der Waals surface area contributed by atoms with E-state index < -0.39 is 0 Å². The number of methoxy groups -OCH3 is 4. The molecular formula is C24H28N2O6. The zero-order chi connectivity index (χ0) is 23.3. The average Bonchev–Trinajstić information content (AvgIpc) is 3.13. The van der Waals surface area contributed by atoms with E-state index in [1.54, 1.807) is 40.0 Å². The standard InChI is InChI=1S/C24H28N2O6/c1-7-32-22(27)14-26-24(17-9-11-19(29-4)21(13-17)31-6)15(2)23(25-26)16-8-10-18(28-3)20(12-16)30-5/h8-13H,7,14H2,1-6H3. The predicted octanol–water partition coefficient (Wildman–Crippen LogP) is 4.12. The fourth-order valence-corrected chi connectivity index (χ4v) is 3.60. The van der Waals surface area contributed by atoms with Crippen molar-refractivity contribution in [2.24, 2.45) is 0 Å². The second kappa shape index (κ2) is 10.1. The molecule has 0 fully saturated rings. The number of benzene rings is 2. The van der Waals surface area contributed by atoms with Crippen LogP contribution in [-0.2, 0) is 16.1 Å². The lowest BCUT2D eigenvalue weighted by Crippen LogP contribution is -2.15. The first-order valence-corrected chi connectivity index (χ1v) is 10.1. The molecular weight excluding hydrogens is 412 g/mol. The van der Waals surface area contributed by atoms with Gasteiger partial charge in [0.2, 0.25) is 0 Å². The smallest absolute Gasteiger partial charge is 0.327 e. The molecule has 0 unspecified atom stereocenters. The predicted molar refractivity (Wildman–Crippen MR) is 121 cm³/mol. The zero-order valence-electron chi connectivity index (χ0n) is 19.2. The third kappa shape index (κ3) is 4.49. The largest absolute Gasteiger partial charge is 0.493 e. The minimum Gasteiger partial charge on any atom is -0.493 e. The normalized spacial score (nSPS) is 10.6. The lowest BCUT2D eigenvalue weighted by molar-refractivity contribution is -0.144. The van der Waals surface area contributed by atoms with Crippen LogP contribution in [0.3, 0.4) is 0 Å². The topological polar surface area (TPSA) is 81.0 Å². The Hall–Kier alpha value is -3.68. The Morgan fingerprint density at radius 2 is 1.38 bits per heavy atom. The van der Waals surface area contributed by atoms with Gasteiger partial charge in [-0.3, -0.25) is 9.48 Å². The highest BCUT2D eigenvalue weighted by Crippen LogP contribution is 2.38. The fourth-order valence-electron chi connectivity index (χ4n) is 3.60. The fraction of sp³-hybridized carbons (Fsp3) is 0.333. The van der Waals surface area contributed by atoms with Crippen molar-refractivity contribution in [3.8, 4) is 45.5 Å². The van der Waals surface area contributed by atoms with Crippen molar-refractivity contribution in [3.63, 3.8) is 0 Å².